The standard InChI is InChI=1S/C32H33ClN2O3/c1-38-18-6-17-35-26-9-4-11-28(36)31(26)30(32-27(35)10-5-12-29(32)37)24-20-34(25-8-3-2-7-23(24)25)19-21-13-15-22(33)16-14-21/h2-3,7-8,13-16,20,30H,4-6,9-12,17-19H2,1H3. The third-order valence-corrected chi connectivity index (χ3v) is 8.47. The summed E-state index contributed by atoms with van der Waals surface area (Å²) in [6.07, 6.45) is 7.60. The van der Waals surface area contributed by atoms with E-state index in [-0.39, 0.29) is 17.5 Å². The van der Waals surface area contributed by atoms with Crippen LogP contribution in [0.4, 0.5) is 0 Å². The molecular formula is C32H33ClN2O3. The molecule has 196 valence electrons. The number of ether oxygens (including phenoxy) is 1. The third kappa shape index (κ3) is 4.42. The van der Waals surface area contributed by atoms with Crippen LogP contribution in [-0.2, 0) is 20.9 Å². The molecule has 0 saturated carbocycles. The van der Waals surface area contributed by atoms with Crippen LogP contribution in [0.25, 0.3) is 10.9 Å². The molecule has 1 aromatic heterocycles. The van der Waals surface area contributed by atoms with Gasteiger partial charge in [0.1, 0.15) is 0 Å². The zero-order chi connectivity index (χ0) is 26.2. The first kappa shape index (κ1) is 25.1. The molecule has 0 N–H and O–H groups in total. The van der Waals surface area contributed by atoms with Gasteiger partial charge in [-0.1, -0.05) is 41.9 Å². The molecule has 1 aliphatic heterocycles. The Labute approximate surface area is 228 Å². The lowest BCUT2D eigenvalue weighted by atomic mass is 9.71. The van der Waals surface area contributed by atoms with E-state index in [1.807, 2.05) is 30.3 Å². The van der Waals surface area contributed by atoms with Crippen LogP contribution in [0.2, 0.25) is 5.02 Å². The summed E-state index contributed by atoms with van der Waals surface area (Å²) >= 11 is 6.13. The lowest BCUT2D eigenvalue weighted by Gasteiger charge is -2.44. The first-order valence-electron chi connectivity index (χ1n) is 13.7. The third-order valence-electron chi connectivity index (χ3n) is 8.21. The summed E-state index contributed by atoms with van der Waals surface area (Å²) in [6.45, 7) is 2.12. The van der Waals surface area contributed by atoms with Crippen molar-refractivity contribution in [2.24, 2.45) is 0 Å². The second-order valence-corrected chi connectivity index (χ2v) is 11.0. The summed E-state index contributed by atoms with van der Waals surface area (Å²) in [5.74, 6) is 0.0653. The van der Waals surface area contributed by atoms with E-state index in [0.29, 0.717) is 26.0 Å². The predicted molar refractivity (Wildman–Crippen MR) is 150 cm³/mol. The molecule has 0 atom stereocenters. The molecule has 0 unspecified atom stereocenters. The number of rotatable bonds is 7. The first-order valence-corrected chi connectivity index (χ1v) is 14.1. The monoisotopic (exact) mass is 528 g/mol. The fourth-order valence-electron chi connectivity index (χ4n) is 6.59. The van der Waals surface area contributed by atoms with Crippen molar-refractivity contribution in [3.8, 4) is 0 Å². The highest BCUT2D eigenvalue weighted by Gasteiger charge is 2.44. The van der Waals surface area contributed by atoms with Crippen molar-refractivity contribution in [2.75, 3.05) is 20.3 Å². The minimum absolute atomic E-state index is 0.187. The van der Waals surface area contributed by atoms with Crippen LogP contribution in [0.1, 0.15) is 62.0 Å². The van der Waals surface area contributed by atoms with Crippen LogP contribution in [0.15, 0.2) is 77.3 Å². The topological polar surface area (TPSA) is 51.5 Å². The number of benzene rings is 2. The van der Waals surface area contributed by atoms with Gasteiger partial charge in [0.2, 0.25) is 0 Å². The molecule has 0 bridgehead atoms. The molecule has 0 radical (unpaired) electrons. The number of nitrogens with zero attached hydrogens (tertiary/aromatic N) is 2. The van der Waals surface area contributed by atoms with Gasteiger partial charge in [0.15, 0.2) is 11.6 Å². The number of methoxy groups -OCH3 is 1. The van der Waals surface area contributed by atoms with Crippen LogP contribution in [0.3, 0.4) is 0 Å². The molecule has 0 spiro atoms. The van der Waals surface area contributed by atoms with Crippen LogP contribution < -0.4 is 0 Å². The lowest BCUT2D eigenvalue weighted by Crippen LogP contribution is -2.39. The number of hydrogen-bond acceptors (Lipinski definition) is 4. The molecule has 6 rings (SSSR count). The van der Waals surface area contributed by atoms with E-state index in [0.717, 1.165) is 88.2 Å². The molecule has 0 fully saturated rings. The van der Waals surface area contributed by atoms with E-state index in [1.165, 1.54) is 0 Å². The van der Waals surface area contributed by atoms with Crippen LogP contribution in [0, 0.1) is 0 Å². The molecule has 38 heavy (non-hydrogen) atoms. The van der Waals surface area contributed by atoms with Gasteiger partial charge in [0.05, 0.1) is 0 Å². The van der Waals surface area contributed by atoms with Gasteiger partial charge in [-0.25, -0.2) is 0 Å². The maximum absolute atomic E-state index is 13.7. The smallest absolute Gasteiger partial charge is 0.161 e. The minimum atomic E-state index is -0.310. The SMILES string of the molecule is COCCCN1C2=C(C(=O)CCC2)C(c2cn(Cc3ccc(Cl)cc3)c3ccccc23)C2=C1CCCC2=O. The van der Waals surface area contributed by atoms with Gasteiger partial charge in [0, 0.05) is 90.2 Å². The van der Waals surface area contributed by atoms with E-state index in [2.05, 4.69) is 33.9 Å². The number of hydrogen-bond donors (Lipinski definition) is 0. The highest BCUT2D eigenvalue weighted by Crippen LogP contribution is 2.50. The fraction of sp³-hybridized carbons (Fsp3) is 0.375. The van der Waals surface area contributed by atoms with Gasteiger partial charge < -0.3 is 14.2 Å². The van der Waals surface area contributed by atoms with Gasteiger partial charge in [0.25, 0.3) is 0 Å². The molecule has 2 aromatic carbocycles. The first-order chi connectivity index (χ1) is 18.6. The highest BCUT2D eigenvalue weighted by atomic mass is 35.5. The number of aromatic nitrogens is 1. The Balaban J connectivity index is 1.53. The highest BCUT2D eigenvalue weighted by molar-refractivity contribution is 6.30. The second-order valence-electron chi connectivity index (χ2n) is 10.6. The van der Waals surface area contributed by atoms with E-state index < -0.39 is 0 Å². The molecule has 0 amide bonds. The summed E-state index contributed by atoms with van der Waals surface area (Å²) < 4.78 is 7.59. The summed E-state index contributed by atoms with van der Waals surface area (Å²) in [6, 6.07) is 16.3. The lowest BCUT2D eigenvalue weighted by molar-refractivity contribution is -0.117. The largest absolute Gasteiger partial charge is 0.385 e. The second kappa shape index (κ2) is 10.5. The summed E-state index contributed by atoms with van der Waals surface area (Å²) in [7, 11) is 1.72. The Morgan fingerprint density at radius 1 is 0.895 bits per heavy atom. The fourth-order valence-corrected chi connectivity index (χ4v) is 6.71. The van der Waals surface area contributed by atoms with E-state index in [1.54, 1.807) is 7.11 Å². The van der Waals surface area contributed by atoms with Crippen LogP contribution >= 0.6 is 11.6 Å². The van der Waals surface area contributed by atoms with Gasteiger partial charge in [-0.05, 0) is 61.4 Å². The number of carbonyl (C=O) groups is 2. The molecular weight excluding hydrogens is 496 g/mol. The molecule has 2 heterocycles. The molecule has 5 nitrogen and oxygen atoms in total. The molecule has 2 aliphatic carbocycles. The Kier molecular flexibility index (Phi) is 6.98. The van der Waals surface area contributed by atoms with Crippen molar-refractivity contribution in [3.63, 3.8) is 0 Å². The molecule has 6 heteroatoms. The average molecular weight is 529 g/mol. The van der Waals surface area contributed by atoms with Crippen LogP contribution in [0.5, 0.6) is 0 Å². The normalized spacial score (nSPS) is 18.4. The maximum Gasteiger partial charge on any atom is 0.161 e. The van der Waals surface area contributed by atoms with E-state index >= 15 is 0 Å². The van der Waals surface area contributed by atoms with E-state index in [4.69, 9.17) is 16.3 Å². The van der Waals surface area contributed by atoms with Crippen molar-refractivity contribution >= 4 is 34.1 Å². The molecule has 3 aromatic rings. The number of halogens is 1. The minimum Gasteiger partial charge on any atom is -0.385 e. The zero-order valence-electron chi connectivity index (χ0n) is 21.8. The average Bonchev–Trinajstić information content (AvgIpc) is 3.28. The number of carbonyl (C=O) groups excluding carboxylic acids is 2. The van der Waals surface area contributed by atoms with Crippen molar-refractivity contribution in [1.29, 1.82) is 0 Å². The van der Waals surface area contributed by atoms with Gasteiger partial charge in [-0.15, -0.1) is 0 Å². The zero-order valence-corrected chi connectivity index (χ0v) is 22.6. The van der Waals surface area contributed by atoms with Crippen molar-refractivity contribution in [3.05, 3.63) is 93.4 Å². The number of allylic oxidation sites excluding steroid dienone is 4. The van der Waals surface area contributed by atoms with Crippen LogP contribution in [-0.4, -0.2) is 41.3 Å². The Morgan fingerprint density at radius 3 is 2.21 bits per heavy atom. The van der Waals surface area contributed by atoms with Crippen molar-refractivity contribution < 1.29 is 14.3 Å². The summed E-state index contributed by atoms with van der Waals surface area (Å²) in [5.41, 5.74) is 7.27. The van der Waals surface area contributed by atoms with E-state index in [9.17, 15) is 9.59 Å². The number of fused-ring (bicyclic) bond motifs is 1. The number of Topliss-reactive ketones (excluding diaryl/α,β-unsaturated/α-hetero) is 2. The maximum atomic E-state index is 13.7. The Morgan fingerprint density at radius 2 is 1.55 bits per heavy atom. The predicted octanol–water partition coefficient (Wildman–Crippen LogP) is 6.79. The Hall–Kier alpha value is -3.15. The molecule has 0 saturated heterocycles. The Bertz CT molecular complexity index is 1420. The molecule has 3 aliphatic rings. The summed E-state index contributed by atoms with van der Waals surface area (Å²) in [4.78, 5) is 29.7. The number of para-hydroxylation sites is 1. The quantitative estimate of drug-likeness (QED) is 0.317. The van der Waals surface area contributed by atoms with Crippen molar-refractivity contribution in [1.82, 2.24) is 9.47 Å². The van der Waals surface area contributed by atoms with Gasteiger partial charge in [-0.2, -0.15) is 0 Å². The van der Waals surface area contributed by atoms with Gasteiger partial charge >= 0.3 is 0 Å². The number of ketones is 2. The van der Waals surface area contributed by atoms with Gasteiger partial charge in [-0.3, -0.25) is 9.59 Å². The van der Waals surface area contributed by atoms with Crippen molar-refractivity contribution in [2.45, 2.75) is 57.4 Å². The summed E-state index contributed by atoms with van der Waals surface area (Å²) in [5, 5.41) is 1.82.